The number of carbonyl (C=O) groups is 1. The van der Waals surface area contributed by atoms with E-state index in [4.69, 9.17) is 16.5 Å². The van der Waals surface area contributed by atoms with Gasteiger partial charge in [0.15, 0.2) is 0 Å². The Kier molecular flexibility index (Phi) is 14.8. The van der Waals surface area contributed by atoms with Crippen LogP contribution in [0.25, 0.3) is 0 Å². The zero-order chi connectivity index (χ0) is 5.58. The first-order chi connectivity index (χ1) is 2.73. The van der Waals surface area contributed by atoms with Gasteiger partial charge in [0.25, 0.3) is 0 Å². The van der Waals surface area contributed by atoms with Gasteiger partial charge >= 0.3 is 46.6 Å². The molecule has 0 unspecified atom stereocenters. The maximum atomic E-state index is 8.56. The summed E-state index contributed by atoms with van der Waals surface area (Å²) < 4.78 is 7.08. The van der Waals surface area contributed by atoms with E-state index in [1.807, 2.05) is 0 Å². The Bertz CT molecular complexity index is 30.5. The van der Waals surface area contributed by atoms with Crippen LogP contribution >= 0.6 is 0 Å². The molecule has 0 bridgehead atoms. The molecule has 6 heavy (non-hydrogen) atoms. The summed E-state index contributed by atoms with van der Waals surface area (Å²) in [5.74, 6) is 0. The topological polar surface area (TPSA) is 77.8 Å². The first-order valence-electron chi connectivity index (χ1n) is 0.834. The molecule has 0 aliphatic carbocycles. The van der Waals surface area contributed by atoms with Crippen LogP contribution in [0.15, 0.2) is 0 Å². The van der Waals surface area contributed by atoms with E-state index in [2.05, 4.69) is 0 Å². The van der Waals surface area contributed by atoms with Crippen LogP contribution < -0.4 is 0 Å². The number of hydrogen-bond acceptors (Lipinski definition) is 2. The van der Waals surface area contributed by atoms with Crippen LogP contribution in [0, 0.1) is 38.9 Å². The van der Waals surface area contributed by atoms with Crippen LogP contribution in [-0.2, 0) is 0 Å². The summed E-state index contributed by atoms with van der Waals surface area (Å²) in [4.78, 5) is 8.56. The van der Waals surface area contributed by atoms with Crippen molar-refractivity contribution in [1.82, 2.24) is 0 Å². The minimum atomic E-state index is -1.83. The zero-order valence-corrected chi connectivity index (χ0v) is 5.28. The third-order valence-corrected chi connectivity index (χ3v) is 0. The van der Waals surface area contributed by atoms with E-state index in [1.54, 1.807) is 0 Å². The van der Waals surface area contributed by atoms with Crippen molar-refractivity contribution in [1.29, 1.82) is 0 Å². The van der Waals surface area contributed by atoms with Gasteiger partial charge in [0.05, 0.1) is 0 Å². The Morgan fingerprint density at radius 2 is 1.33 bits per heavy atom. The molecule has 37 valence electrons. The molecule has 0 radical (unpaired) electrons. The fourth-order valence-electron chi connectivity index (χ4n) is 0. The van der Waals surface area contributed by atoms with Gasteiger partial charge in [-0.25, -0.2) is 4.79 Å². The van der Waals surface area contributed by atoms with Crippen LogP contribution in [-0.4, -0.2) is 17.9 Å². The summed E-state index contributed by atoms with van der Waals surface area (Å²) in [6.45, 7) is 0. The van der Waals surface area contributed by atoms with Gasteiger partial charge in [0.2, 0.25) is 0 Å². The van der Waals surface area contributed by atoms with E-state index < -0.39 is 6.16 Å². The molecule has 0 aliphatic rings. The fraction of sp³-hybridized carbons (Fsp3) is 0. The molecule has 0 amide bonds. The van der Waals surface area contributed by atoms with Crippen molar-refractivity contribution in [2.75, 3.05) is 0 Å². The van der Waals surface area contributed by atoms with Gasteiger partial charge in [0.1, 0.15) is 0 Å². The van der Waals surface area contributed by atoms with Crippen LogP contribution in [0.1, 0.15) is 0 Å². The van der Waals surface area contributed by atoms with Gasteiger partial charge < -0.3 is 10.2 Å². The predicted octanol–water partition coefficient (Wildman–Crippen LogP) is -0.335. The Labute approximate surface area is 61.1 Å². The van der Waals surface area contributed by atoms with Crippen molar-refractivity contribution in [3.63, 3.8) is 0 Å². The normalized spacial score (nSPS) is 4.83. The van der Waals surface area contributed by atoms with E-state index in [9.17, 15) is 0 Å². The van der Waals surface area contributed by atoms with Gasteiger partial charge in [-0.15, -0.1) is 0 Å². The SMILES string of the molecule is O=C(O)O.[OH][Sm]. The molecule has 4 nitrogen and oxygen atoms in total. The summed E-state index contributed by atoms with van der Waals surface area (Å²) in [5.41, 5.74) is 0. The Morgan fingerprint density at radius 1 is 1.33 bits per heavy atom. The molecule has 3 N–H and O–H groups in total. The summed E-state index contributed by atoms with van der Waals surface area (Å²) in [6, 6.07) is 0. The van der Waals surface area contributed by atoms with Crippen molar-refractivity contribution in [2.45, 2.75) is 0 Å². The standard InChI is InChI=1S/CH2O3.H2O.Sm/c2-1(3)4;;/h(H2,2,3,4);1H2;/q;;+1/p-1. The van der Waals surface area contributed by atoms with E-state index in [0.29, 0.717) is 38.9 Å². The molecule has 0 fully saturated rings. The summed E-state index contributed by atoms with van der Waals surface area (Å²) in [7, 11) is 0. The van der Waals surface area contributed by atoms with Crippen molar-refractivity contribution < 1.29 is 55.4 Å². The second kappa shape index (κ2) is 9.13. The van der Waals surface area contributed by atoms with E-state index in [0.717, 1.165) is 0 Å². The maximum absolute atomic E-state index is 8.56. The number of rotatable bonds is 0. The molecular formula is CH3O4Sm. The molecule has 0 rings (SSSR count). The van der Waals surface area contributed by atoms with Crippen molar-refractivity contribution in [2.24, 2.45) is 0 Å². The average molecular weight is 229 g/mol. The fourth-order valence-corrected chi connectivity index (χ4v) is 0. The zero-order valence-electron chi connectivity index (χ0n) is 2.66. The van der Waals surface area contributed by atoms with Crippen molar-refractivity contribution >= 4 is 6.16 Å². The average Bonchev–Trinajstić information content (AvgIpc) is 1.41. The van der Waals surface area contributed by atoms with Crippen LogP contribution in [0.5, 0.6) is 0 Å². The van der Waals surface area contributed by atoms with Crippen LogP contribution in [0.4, 0.5) is 4.79 Å². The Hall–Kier alpha value is 0.568. The van der Waals surface area contributed by atoms with Crippen molar-refractivity contribution in [3.05, 3.63) is 0 Å². The second-order valence-corrected chi connectivity index (χ2v) is 0.283. The number of carboxylic acid groups (broad SMARTS) is 2. The van der Waals surface area contributed by atoms with E-state index >= 15 is 0 Å². The third kappa shape index (κ3) is 180. The molecule has 0 saturated carbocycles. The van der Waals surface area contributed by atoms with E-state index in [-0.39, 0.29) is 0 Å². The molecule has 0 aromatic heterocycles. The third-order valence-electron chi connectivity index (χ3n) is 0. The molecule has 0 aromatic rings. The first kappa shape index (κ1) is 9.76. The monoisotopic (exact) mass is 231 g/mol. The predicted molar refractivity (Wildman–Crippen MR) is 12.9 cm³/mol. The molecule has 0 atom stereocenters. The second-order valence-electron chi connectivity index (χ2n) is 0.283. The summed E-state index contributed by atoms with van der Waals surface area (Å²) in [6.07, 6.45) is -1.83. The van der Waals surface area contributed by atoms with Gasteiger partial charge in [0, 0.05) is 0 Å². The van der Waals surface area contributed by atoms with Gasteiger partial charge in [-0.2, -0.15) is 0 Å². The molecule has 0 saturated heterocycles. The van der Waals surface area contributed by atoms with E-state index in [1.165, 1.54) is 0 Å². The van der Waals surface area contributed by atoms with Gasteiger partial charge in [-0.05, 0) is 0 Å². The molecule has 0 spiro atoms. The summed E-state index contributed by atoms with van der Waals surface area (Å²) >= 11 is 0.583. The first-order valence-corrected chi connectivity index (χ1v) is 2.01. The molecule has 0 aromatic carbocycles. The molecular weight excluding hydrogens is 226 g/mol. The molecule has 5 heteroatoms. The minimum absolute atomic E-state index is 0.583. The number of hydrogen-bond donors (Lipinski definition) is 3. The van der Waals surface area contributed by atoms with Crippen LogP contribution in [0.2, 0.25) is 0 Å². The molecule has 0 heterocycles. The van der Waals surface area contributed by atoms with Crippen molar-refractivity contribution in [3.8, 4) is 0 Å². The Balaban J connectivity index is 0. The van der Waals surface area contributed by atoms with Gasteiger partial charge in [-0.3, -0.25) is 0 Å². The quantitative estimate of drug-likeness (QED) is 0.531. The van der Waals surface area contributed by atoms with Crippen LogP contribution in [0.3, 0.4) is 0 Å². The Morgan fingerprint density at radius 3 is 1.33 bits per heavy atom. The molecule has 0 aliphatic heterocycles. The summed E-state index contributed by atoms with van der Waals surface area (Å²) in [5, 5.41) is 13.9. The van der Waals surface area contributed by atoms with Gasteiger partial charge in [-0.1, -0.05) is 0 Å².